The van der Waals surface area contributed by atoms with Crippen molar-refractivity contribution < 1.29 is 0 Å². The van der Waals surface area contributed by atoms with Gasteiger partial charge in [0.15, 0.2) is 0 Å². The standard InChI is InChI=1S/C7H14/c1-3-5-7-6-4-2/h3,5H,4,6-7H2,1-2H3. The van der Waals surface area contributed by atoms with Crippen LogP contribution in [0.2, 0.25) is 0 Å². The van der Waals surface area contributed by atoms with E-state index in [1.54, 1.807) is 0 Å². The Balaban J connectivity index is 2.69. The summed E-state index contributed by atoms with van der Waals surface area (Å²) in [6.07, 6.45) is 8.22. The molecule has 0 fully saturated rings. The molecule has 0 saturated heterocycles. The van der Waals surface area contributed by atoms with Gasteiger partial charge >= 0.3 is 0 Å². The molecule has 0 aromatic heterocycles. The summed E-state index contributed by atoms with van der Waals surface area (Å²) in [6.45, 7) is 4.28. The summed E-state index contributed by atoms with van der Waals surface area (Å²) >= 11 is 0. The number of rotatable bonds is 3. The van der Waals surface area contributed by atoms with Crippen LogP contribution in [0, 0.1) is 0 Å². The van der Waals surface area contributed by atoms with Crippen LogP contribution in [-0.4, -0.2) is 0 Å². The highest BCUT2D eigenvalue weighted by molar-refractivity contribution is 4.75. The molecule has 0 heteroatoms. The predicted octanol–water partition coefficient (Wildman–Crippen LogP) is 2.75. The topological polar surface area (TPSA) is 0 Å². The second-order valence-electron chi connectivity index (χ2n) is 1.71. The average molecular weight is 98.2 g/mol. The molecule has 0 rings (SSSR count). The molecule has 0 saturated carbocycles. The second kappa shape index (κ2) is 5.74. The fourth-order valence-electron chi connectivity index (χ4n) is 0.489. The van der Waals surface area contributed by atoms with E-state index in [0.717, 1.165) is 0 Å². The maximum Gasteiger partial charge on any atom is -0.0351 e. The van der Waals surface area contributed by atoms with Crippen LogP contribution in [0.1, 0.15) is 33.1 Å². The minimum Gasteiger partial charge on any atom is -0.0917 e. The van der Waals surface area contributed by atoms with Gasteiger partial charge in [0.05, 0.1) is 0 Å². The molecule has 0 unspecified atom stereocenters. The van der Waals surface area contributed by atoms with Crippen LogP contribution in [0.25, 0.3) is 0 Å². The van der Waals surface area contributed by atoms with Crippen molar-refractivity contribution in [1.82, 2.24) is 0 Å². The van der Waals surface area contributed by atoms with Crippen LogP contribution in [0.3, 0.4) is 0 Å². The summed E-state index contributed by atoms with van der Waals surface area (Å²) in [5.41, 5.74) is 0. The van der Waals surface area contributed by atoms with E-state index in [-0.39, 0.29) is 0 Å². The SMILES string of the molecule is CC=CCCCC. The van der Waals surface area contributed by atoms with Crippen LogP contribution >= 0.6 is 0 Å². The smallest absolute Gasteiger partial charge is 0.0351 e. The van der Waals surface area contributed by atoms with Crippen LogP contribution < -0.4 is 0 Å². The number of hydrogen-bond acceptors (Lipinski definition) is 0. The predicted molar refractivity (Wildman–Crippen MR) is 34.3 cm³/mol. The van der Waals surface area contributed by atoms with Crippen molar-refractivity contribution in [3.05, 3.63) is 12.2 Å². The highest BCUT2D eigenvalue weighted by Gasteiger charge is 1.73. The van der Waals surface area contributed by atoms with Crippen molar-refractivity contribution in [2.24, 2.45) is 0 Å². The minimum absolute atomic E-state index is 1.26. The van der Waals surface area contributed by atoms with Gasteiger partial charge in [-0.25, -0.2) is 0 Å². The molecule has 0 heterocycles. The Hall–Kier alpha value is -0.260. The van der Waals surface area contributed by atoms with E-state index in [1.807, 2.05) is 0 Å². The fraction of sp³-hybridized carbons (Fsp3) is 0.714. The van der Waals surface area contributed by atoms with Crippen LogP contribution in [-0.2, 0) is 0 Å². The van der Waals surface area contributed by atoms with Crippen LogP contribution in [0.4, 0.5) is 0 Å². The summed E-state index contributed by atoms with van der Waals surface area (Å²) in [5.74, 6) is 0. The lowest BCUT2D eigenvalue weighted by Crippen LogP contribution is -1.63. The van der Waals surface area contributed by atoms with E-state index in [9.17, 15) is 0 Å². The highest BCUT2D eigenvalue weighted by atomic mass is 13.8. The maximum absolute atomic E-state index is 2.21. The Labute approximate surface area is 46.2 Å². The number of allylic oxidation sites excluding steroid dienone is 2. The summed E-state index contributed by atoms with van der Waals surface area (Å²) in [4.78, 5) is 0. The first-order valence-electron chi connectivity index (χ1n) is 3.03. The van der Waals surface area contributed by atoms with E-state index in [2.05, 4.69) is 26.0 Å². The molecule has 0 bridgehead atoms. The van der Waals surface area contributed by atoms with Crippen molar-refractivity contribution in [2.45, 2.75) is 33.1 Å². The molecule has 7 heavy (non-hydrogen) atoms. The monoisotopic (exact) mass is 98.1 g/mol. The first-order chi connectivity index (χ1) is 3.41. The van der Waals surface area contributed by atoms with Crippen molar-refractivity contribution in [2.75, 3.05) is 0 Å². The molecule has 0 aliphatic rings. The molecule has 0 spiro atoms. The largest absolute Gasteiger partial charge is 0.0917 e. The third-order valence-corrected chi connectivity index (χ3v) is 0.960. The van der Waals surface area contributed by atoms with Gasteiger partial charge in [-0.05, 0) is 13.3 Å². The van der Waals surface area contributed by atoms with E-state index in [1.165, 1.54) is 19.3 Å². The third kappa shape index (κ3) is 5.74. The number of unbranched alkanes of at least 4 members (excludes halogenated alkanes) is 2. The van der Waals surface area contributed by atoms with Crippen LogP contribution in [0.15, 0.2) is 12.2 Å². The maximum atomic E-state index is 2.21. The zero-order chi connectivity index (χ0) is 5.54. The summed E-state index contributed by atoms with van der Waals surface area (Å²) in [6, 6.07) is 0. The van der Waals surface area contributed by atoms with E-state index >= 15 is 0 Å². The van der Waals surface area contributed by atoms with Gasteiger partial charge in [-0.1, -0.05) is 31.9 Å². The molecular formula is C7H14. The van der Waals surface area contributed by atoms with Crippen molar-refractivity contribution in [1.29, 1.82) is 0 Å². The summed E-state index contributed by atoms with van der Waals surface area (Å²) < 4.78 is 0. The van der Waals surface area contributed by atoms with Gasteiger partial charge in [0.1, 0.15) is 0 Å². The molecule has 0 atom stereocenters. The van der Waals surface area contributed by atoms with Gasteiger partial charge in [-0.3, -0.25) is 0 Å². The number of hydrogen-bond donors (Lipinski definition) is 0. The summed E-state index contributed by atoms with van der Waals surface area (Å²) in [7, 11) is 0. The van der Waals surface area contributed by atoms with E-state index in [4.69, 9.17) is 0 Å². The lowest BCUT2D eigenvalue weighted by molar-refractivity contribution is 0.814. The zero-order valence-corrected chi connectivity index (χ0v) is 5.28. The van der Waals surface area contributed by atoms with Crippen molar-refractivity contribution >= 4 is 0 Å². The third-order valence-electron chi connectivity index (χ3n) is 0.960. The molecular weight excluding hydrogens is 84.1 g/mol. The zero-order valence-electron chi connectivity index (χ0n) is 5.28. The van der Waals surface area contributed by atoms with Crippen molar-refractivity contribution in [3.8, 4) is 0 Å². The molecule has 0 nitrogen and oxygen atoms in total. The molecule has 0 aromatic rings. The lowest BCUT2D eigenvalue weighted by Gasteiger charge is -1.83. The van der Waals surface area contributed by atoms with Crippen molar-refractivity contribution in [3.63, 3.8) is 0 Å². The molecule has 42 valence electrons. The van der Waals surface area contributed by atoms with Crippen LogP contribution in [0.5, 0.6) is 0 Å². The van der Waals surface area contributed by atoms with Gasteiger partial charge < -0.3 is 0 Å². The molecule has 0 amide bonds. The molecule has 0 radical (unpaired) electrons. The first kappa shape index (κ1) is 6.74. The molecule has 0 aliphatic carbocycles. The minimum atomic E-state index is 1.26. The Morgan fingerprint density at radius 3 is 2.57 bits per heavy atom. The van der Waals surface area contributed by atoms with Gasteiger partial charge in [-0.2, -0.15) is 0 Å². The normalized spacial score (nSPS) is 10.6. The lowest BCUT2D eigenvalue weighted by atomic mass is 10.2. The average Bonchev–Trinajstić information content (AvgIpc) is 1.69. The Kier molecular flexibility index (Phi) is 5.53. The Bertz CT molecular complexity index is 44.0. The van der Waals surface area contributed by atoms with Gasteiger partial charge in [-0.15, -0.1) is 0 Å². The Morgan fingerprint density at radius 1 is 1.43 bits per heavy atom. The second-order valence-corrected chi connectivity index (χ2v) is 1.71. The molecule has 0 aliphatic heterocycles. The molecule has 0 aromatic carbocycles. The summed E-state index contributed by atoms with van der Waals surface area (Å²) in [5, 5.41) is 0. The first-order valence-corrected chi connectivity index (χ1v) is 3.03. The Morgan fingerprint density at radius 2 is 2.14 bits per heavy atom. The fourth-order valence-corrected chi connectivity index (χ4v) is 0.489. The van der Waals surface area contributed by atoms with E-state index in [0.29, 0.717) is 0 Å². The van der Waals surface area contributed by atoms with Gasteiger partial charge in [0.25, 0.3) is 0 Å². The highest BCUT2D eigenvalue weighted by Crippen LogP contribution is 1.93. The van der Waals surface area contributed by atoms with E-state index < -0.39 is 0 Å². The quantitative estimate of drug-likeness (QED) is 0.376. The van der Waals surface area contributed by atoms with Gasteiger partial charge in [0, 0.05) is 0 Å². The molecule has 0 N–H and O–H groups in total. The van der Waals surface area contributed by atoms with Gasteiger partial charge in [0.2, 0.25) is 0 Å².